The first-order valence-corrected chi connectivity index (χ1v) is 15.0. The molecule has 0 fully saturated rings. The van der Waals surface area contributed by atoms with Crippen molar-refractivity contribution in [2.75, 3.05) is 45.2 Å². The molecule has 1 aromatic carbocycles. The van der Waals surface area contributed by atoms with Crippen molar-refractivity contribution < 1.29 is 28.6 Å². The fourth-order valence-corrected chi connectivity index (χ4v) is 4.10. The zero-order valence-corrected chi connectivity index (χ0v) is 27.5. The number of nitrogens with zero attached hydrogens (tertiary/aromatic N) is 3. The fourth-order valence-electron chi connectivity index (χ4n) is 4.10. The molecule has 2 rings (SSSR count). The lowest BCUT2D eigenvalue weighted by Crippen LogP contribution is -2.33. The molecule has 0 aliphatic carbocycles. The summed E-state index contributed by atoms with van der Waals surface area (Å²) in [6.45, 7) is 7.96. The molecular formula is C32H47N7O7. The van der Waals surface area contributed by atoms with Crippen molar-refractivity contribution in [3.05, 3.63) is 52.5 Å². The highest BCUT2D eigenvalue weighted by Gasteiger charge is 2.25. The molecule has 1 heterocycles. The number of anilines is 1. The average molecular weight is 642 g/mol. The largest absolute Gasteiger partial charge is 0.423 e. The summed E-state index contributed by atoms with van der Waals surface area (Å²) in [6, 6.07) is 6.85. The molecule has 0 bridgehead atoms. The van der Waals surface area contributed by atoms with Gasteiger partial charge >= 0.3 is 5.63 Å². The van der Waals surface area contributed by atoms with Crippen LogP contribution in [0.4, 0.5) is 5.69 Å². The number of amides is 3. The van der Waals surface area contributed by atoms with Gasteiger partial charge < -0.3 is 41.0 Å². The second kappa shape index (κ2) is 17.8. The maximum Gasteiger partial charge on any atom is 0.336 e. The number of aliphatic hydroxyl groups is 1. The van der Waals surface area contributed by atoms with Crippen LogP contribution in [0.1, 0.15) is 52.5 Å². The highest BCUT2D eigenvalue weighted by atomic mass is 16.6. The lowest BCUT2D eigenvalue weighted by atomic mass is 9.90. The average Bonchev–Trinajstić information content (AvgIpc) is 2.95. The number of nitrogens with one attached hydrogen (secondary N) is 3. The van der Waals surface area contributed by atoms with Gasteiger partial charge in [0.05, 0.1) is 18.7 Å². The molecule has 0 atom stereocenters. The Morgan fingerprint density at radius 2 is 1.83 bits per heavy atom. The number of benzene rings is 1. The Labute approximate surface area is 269 Å². The van der Waals surface area contributed by atoms with E-state index in [9.17, 15) is 24.3 Å². The maximum absolute atomic E-state index is 12.5. The second-order valence-corrected chi connectivity index (χ2v) is 12.2. The third-order valence-electron chi connectivity index (χ3n) is 6.49. The van der Waals surface area contributed by atoms with Crippen LogP contribution in [-0.4, -0.2) is 80.9 Å². The minimum Gasteiger partial charge on any atom is -0.423 e. The Balaban J connectivity index is 1.67. The molecule has 3 amide bonds. The standard InChI is InChI=1S/C32H47N7O7/c1-31(2,21-45-32(3,4)44)19-29(42)37-15-11-27(40)36-14-10-23(38-33)20-34-12-7-13-35-28(41)16-22-17-30(43)46-26-18-24(39(5)6)8-9-25(22)26/h8-9,11,15,17-18,20,44H,7,10,12-14,16,19,21,33H2,1-6H3,(H,35,41)(H,36,40)(H,37,42)/b15-11+,34-20?,38-23-. The van der Waals surface area contributed by atoms with E-state index in [1.807, 2.05) is 45.0 Å². The number of ether oxygens (including phenoxy) is 1. The monoisotopic (exact) mass is 641 g/mol. The van der Waals surface area contributed by atoms with Gasteiger partial charge in [-0.05, 0) is 43.4 Å². The van der Waals surface area contributed by atoms with Crippen LogP contribution in [0.25, 0.3) is 11.0 Å². The molecule has 252 valence electrons. The molecule has 0 radical (unpaired) electrons. The first kappa shape index (κ1) is 37.6. The highest BCUT2D eigenvalue weighted by molar-refractivity contribution is 6.30. The van der Waals surface area contributed by atoms with Gasteiger partial charge in [-0.25, -0.2) is 4.79 Å². The Hall–Kier alpha value is -4.56. The summed E-state index contributed by atoms with van der Waals surface area (Å²) >= 11 is 0. The van der Waals surface area contributed by atoms with Gasteiger partial charge in [-0.15, -0.1) is 0 Å². The molecule has 0 saturated heterocycles. The zero-order chi connectivity index (χ0) is 34.3. The summed E-state index contributed by atoms with van der Waals surface area (Å²) < 4.78 is 10.7. The van der Waals surface area contributed by atoms with Gasteiger partial charge in [-0.1, -0.05) is 13.8 Å². The van der Waals surface area contributed by atoms with E-state index in [2.05, 4.69) is 26.0 Å². The molecule has 0 unspecified atom stereocenters. The van der Waals surface area contributed by atoms with Crippen LogP contribution in [0.2, 0.25) is 0 Å². The van der Waals surface area contributed by atoms with Gasteiger partial charge in [0.15, 0.2) is 5.79 Å². The van der Waals surface area contributed by atoms with Crippen molar-refractivity contribution in [2.24, 2.45) is 21.4 Å². The summed E-state index contributed by atoms with van der Waals surface area (Å²) in [5.41, 5.74) is 1.36. The number of carbonyl (C=O) groups excluding carboxylic acids is 3. The number of hydrogen-bond donors (Lipinski definition) is 5. The van der Waals surface area contributed by atoms with Gasteiger partial charge in [-0.3, -0.25) is 19.4 Å². The molecule has 0 saturated carbocycles. The third-order valence-corrected chi connectivity index (χ3v) is 6.49. The van der Waals surface area contributed by atoms with E-state index in [1.165, 1.54) is 38.4 Å². The number of nitrogens with two attached hydrogens (primary N) is 1. The summed E-state index contributed by atoms with van der Waals surface area (Å²) in [5, 5.41) is 22.1. The van der Waals surface area contributed by atoms with Crippen LogP contribution in [0, 0.1) is 5.41 Å². The third kappa shape index (κ3) is 14.5. The van der Waals surface area contributed by atoms with Gasteiger partial charge in [0, 0.05) is 88.3 Å². The summed E-state index contributed by atoms with van der Waals surface area (Å²) in [5.74, 6) is 3.23. The predicted molar refractivity (Wildman–Crippen MR) is 179 cm³/mol. The first-order valence-electron chi connectivity index (χ1n) is 15.0. The number of aliphatic imine (C=N–C) groups is 1. The van der Waals surface area contributed by atoms with Crippen molar-refractivity contribution in [1.29, 1.82) is 0 Å². The van der Waals surface area contributed by atoms with Crippen molar-refractivity contribution in [3.8, 4) is 0 Å². The zero-order valence-electron chi connectivity index (χ0n) is 27.5. The second-order valence-electron chi connectivity index (χ2n) is 12.2. The topological polar surface area (TPSA) is 201 Å². The van der Waals surface area contributed by atoms with Crippen LogP contribution >= 0.6 is 0 Å². The first-order chi connectivity index (χ1) is 21.6. The minimum atomic E-state index is -1.29. The molecular weight excluding hydrogens is 594 g/mol. The quantitative estimate of drug-likeness (QED) is 0.0305. The number of carbonyl (C=O) groups is 3. The van der Waals surface area contributed by atoms with Crippen LogP contribution < -0.4 is 32.3 Å². The van der Waals surface area contributed by atoms with E-state index in [0.29, 0.717) is 48.2 Å². The van der Waals surface area contributed by atoms with E-state index < -0.39 is 22.7 Å². The van der Waals surface area contributed by atoms with Gasteiger partial charge in [0.2, 0.25) is 17.7 Å². The van der Waals surface area contributed by atoms with Crippen molar-refractivity contribution >= 4 is 46.3 Å². The van der Waals surface area contributed by atoms with E-state index in [0.717, 1.165) is 5.69 Å². The molecule has 2 aromatic rings. The smallest absolute Gasteiger partial charge is 0.336 e. The van der Waals surface area contributed by atoms with E-state index in [-0.39, 0.29) is 37.8 Å². The van der Waals surface area contributed by atoms with Crippen molar-refractivity contribution in [2.45, 2.75) is 59.2 Å². The normalized spacial score (nSPS) is 12.5. The number of hydrazone groups is 1. The minimum absolute atomic E-state index is 0.0432. The van der Waals surface area contributed by atoms with Crippen LogP contribution in [0.3, 0.4) is 0 Å². The van der Waals surface area contributed by atoms with Gasteiger partial charge in [0.25, 0.3) is 0 Å². The van der Waals surface area contributed by atoms with E-state index >= 15 is 0 Å². The number of fused-ring (bicyclic) bond motifs is 1. The number of rotatable bonds is 18. The summed E-state index contributed by atoms with van der Waals surface area (Å²) in [7, 11) is 3.78. The molecule has 6 N–H and O–H groups in total. The predicted octanol–water partition coefficient (Wildman–Crippen LogP) is 1.59. The molecule has 0 spiro atoms. The van der Waals surface area contributed by atoms with Crippen molar-refractivity contribution in [1.82, 2.24) is 16.0 Å². The molecule has 46 heavy (non-hydrogen) atoms. The molecule has 0 aliphatic heterocycles. The van der Waals surface area contributed by atoms with Gasteiger partial charge in [-0.2, -0.15) is 5.10 Å². The lowest BCUT2D eigenvalue weighted by molar-refractivity contribution is -0.192. The van der Waals surface area contributed by atoms with Crippen molar-refractivity contribution in [3.63, 3.8) is 0 Å². The van der Waals surface area contributed by atoms with Gasteiger partial charge in [0.1, 0.15) is 5.58 Å². The van der Waals surface area contributed by atoms with Crippen LogP contribution in [0.15, 0.2) is 55.8 Å². The Kier molecular flexibility index (Phi) is 14.6. The summed E-state index contributed by atoms with van der Waals surface area (Å²) in [4.78, 5) is 54.9. The SMILES string of the molecule is CN(C)c1ccc2c(CC(=O)NCCCN=C/C(CCNC(=O)/C=C/NC(=O)CC(C)(C)COC(C)(C)O)=N\N)cc(=O)oc2c1. The summed E-state index contributed by atoms with van der Waals surface area (Å²) in [6.07, 6.45) is 5.08. The van der Waals surface area contributed by atoms with Crippen LogP contribution in [-0.2, 0) is 25.5 Å². The maximum atomic E-state index is 12.5. The Morgan fingerprint density at radius 3 is 2.50 bits per heavy atom. The molecule has 1 aromatic heterocycles. The van der Waals surface area contributed by atoms with Crippen LogP contribution in [0.5, 0.6) is 0 Å². The molecule has 14 heteroatoms. The Morgan fingerprint density at radius 1 is 1.09 bits per heavy atom. The van der Waals surface area contributed by atoms with E-state index in [1.54, 1.807) is 6.07 Å². The lowest BCUT2D eigenvalue weighted by Gasteiger charge is -2.28. The Bertz CT molecular complexity index is 1490. The van der Waals surface area contributed by atoms with E-state index in [4.69, 9.17) is 15.0 Å². The highest BCUT2D eigenvalue weighted by Crippen LogP contribution is 2.24. The molecule has 0 aliphatic rings. The fraction of sp³-hybridized carbons (Fsp3) is 0.500. The molecule has 14 nitrogen and oxygen atoms in total. The number of hydrogen-bond acceptors (Lipinski definition) is 11.